The molecule has 2 N–H and O–H groups in total. The van der Waals surface area contributed by atoms with Crippen LogP contribution in [0, 0.1) is 18.6 Å². The lowest BCUT2D eigenvalue weighted by atomic mass is 10.2. The van der Waals surface area contributed by atoms with Gasteiger partial charge in [0.05, 0.1) is 18.4 Å². The van der Waals surface area contributed by atoms with E-state index in [1.54, 1.807) is 0 Å². The fourth-order valence-electron chi connectivity index (χ4n) is 3.65. The minimum absolute atomic E-state index is 0. The fraction of sp³-hybridized carbons (Fsp3) is 0.364. The maximum atomic E-state index is 13.5. The molecule has 0 saturated carbocycles. The van der Waals surface area contributed by atoms with E-state index in [1.165, 1.54) is 23.1 Å². The average molecular weight is 433 g/mol. The molecule has 1 aliphatic rings. The molecule has 1 saturated heterocycles. The first-order valence-electron chi connectivity index (χ1n) is 10.3. The number of morpholine rings is 1. The number of hydrogen-bond donors (Lipinski definition) is 2. The van der Waals surface area contributed by atoms with E-state index >= 15 is 0 Å². The maximum Gasteiger partial charge on any atom is 0.246 e. The average Bonchev–Trinajstić information content (AvgIpc) is 3.15. The van der Waals surface area contributed by atoms with Gasteiger partial charge >= 0.3 is 0 Å². The summed E-state index contributed by atoms with van der Waals surface area (Å²) in [5.74, 6) is -0.995. The number of aromatic nitrogens is 3. The van der Waals surface area contributed by atoms with E-state index in [0.29, 0.717) is 5.95 Å². The van der Waals surface area contributed by atoms with Crippen LogP contribution in [-0.2, 0) is 4.74 Å². The van der Waals surface area contributed by atoms with Crippen LogP contribution in [0.4, 0.5) is 26.1 Å². The number of halogens is 2. The Labute approximate surface area is 183 Å². The summed E-state index contributed by atoms with van der Waals surface area (Å²) in [6, 6.07) is 9.26. The molecule has 1 aromatic heterocycles. The molecule has 0 aliphatic carbocycles. The highest BCUT2D eigenvalue weighted by molar-refractivity contribution is 5.63. The zero-order valence-corrected chi connectivity index (χ0v) is 17.6. The summed E-state index contributed by atoms with van der Waals surface area (Å²) in [5, 5.41) is 10.9. The van der Waals surface area contributed by atoms with Crippen molar-refractivity contribution in [1.29, 1.82) is 0 Å². The second kappa shape index (κ2) is 9.40. The highest BCUT2D eigenvalue weighted by atomic mass is 19.1. The molecule has 2 aromatic carbocycles. The monoisotopic (exact) mass is 432 g/mol. The Morgan fingerprint density at radius 3 is 2.68 bits per heavy atom. The topological polar surface area (TPSA) is 67.2 Å². The van der Waals surface area contributed by atoms with E-state index in [-0.39, 0.29) is 14.6 Å². The lowest BCUT2D eigenvalue weighted by Gasteiger charge is -2.31. The van der Waals surface area contributed by atoms with Crippen molar-refractivity contribution in [2.45, 2.75) is 20.0 Å². The van der Waals surface area contributed by atoms with E-state index in [2.05, 4.69) is 38.6 Å². The van der Waals surface area contributed by atoms with Gasteiger partial charge in [-0.2, -0.15) is 4.98 Å². The molecule has 1 unspecified atom stereocenters. The molecule has 0 radical (unpaired) electrons. The van der Waals surface area contributed by atoms with Crippen LogP contribution in [-0.4, -0.2) is 58.6 Å². The predicted octanol–water partition coefficient (Wildman–Crippen LogP) is 4.22. The third-order valence-electron chi connectivity index (χ3n) is 5.02. The Hall–Kier alpha value is -3.04. The molecule has 9 heteroatoms. The molecule has 1 fully saturated rings. The Morgan fingerprint density at radius 2 is 1.90 bits per heavy atom. The number of hydrogen-bond acceptors (Lipinski definition) is 6. The van der Waals surface area contributed by atoms with E-state index in [1.807, 2.05) is 19.1 Å². The quantitative estimate of drug-likeness (QED) is 0.583. The molecule has 168 valence electrons. The van der Waals surface area contributed by atoms with Crippen LogP contribution in [0.5, 0.6) is 0 Å². The van der Waals surface area contributed by atoms with Crippen molar-refractivity contribution in [3.8, 4) is 5.69 Å². The van der Waals surface area contributed by atoms with Crippen LogP contribution in [0.25, 0.3) is 5.69 Å². The number of nitrogens with zero attached hydrogens (tertiary/aromatic N) is 4. The van der Waals surface area contributed by atoms with Crippen molar-refractivity contribution < 1.29 is 16.4 Å². The highest BCUT2D eigenvalue weighted by Gasteiger charge is 2.15. The molecule has 7 nitrogen and oxygen atoms in total. The van der Waals surface area contributed by atoms with Gasteiger partial charge in [0, 0.05) is 46.5 Å². The van der Waals surface area contributed by atoms with E-state index in [0.717, 1.165) is 55.8 Å². The lowest BCUT2D eigenvalue weighted by molar-refractivity contribution is -0.0166. The van der Waals surface area contributed by atoms with Gasteiger partial charge in [-0.15, -0.1) is 5.10 Å². The number of ether oxygens (including phenoxy) is 1. The summed E-state index contributed by atoms with van der Waals surface area (Å²) in [6.07, 6.45) is 1.69. The molecule has 3 aromatic rings. The van der Waals surface area contributed by atoms with Crippen molar-refractivity contribution in [1.82, 2.24) is 19.7 Å². The Kier molecular flexibility index (Phi) is 6.43. The largest absolute Gasteiger partial charge is 0.384 e. The van der Waals surface area contributed by atoms with Gasteiger partial charge < -0.3 is 15.4 Å². The van der Waals surface area contributed by atoms with Gasteiger partial charge in [-0.1, -0.05) is 0 Å². The van der Waals surface area contributed by atoms with Crippen LogP contribution >= 0.6 is 0 Å². The first-order valence-corrected chi connectivity index (χ1v) is 10.3. The van der Waals surface area contributed by atoms with Crippen molar-refractivity contribution in [3.63, 3.8) is 0 Å². The molecular weight excluding hydrogens is 402 g/mol. The third-order valence-corrected chi connectivity index (χ3v) is 5.02. The number of aryl methyl sites for hydroxylation is 1. The number of anilines is 3. The van der Waals surface area contributed by atoms with Crippen molar-refractivity contribution in [3.05, 3.63) is 59.9 Å². The maximum absolute atomic E-state index is 13.5. The molecule has 2 heterocycles. The normalized spacial score (nSPS) is 17.0. The lowest BCUT2D eigenvalue weighted by Crippen LogP contribution is -2.43. The van der Waals surface area contributed by atoms with Crippen LogP contribution in [0.2, 0.25) is 0 Å². The standard InChI is InChI=1S/C22H26F2N6O.2H2/c1-15-7-19(25-3-4-29-5-6-31-16(2)13-29)12-20(8-15)27-22-26-14-30(28-22)21-10-17(23)9-18(24)11-21;;/h7-12,14,16,25H,3-6,13H2,1-2H3,(H,27,28);2*1H. The first kappa shape index (κ1) is 21.2. The summed E-state index contributed by atoms with van der Waals surface area (Å²) < 4.78 is 33.8. The zero-order valence-electron chi connectivity index (χ0n) is 17.6. The third kappa shape index (κ3) is 5.77. The second-order valence-electron chi connectivity index (χ2n) is 7.76. The molecule has 0 bridgehead atoms. The van der Waals surface area contributed by atoms with Gasteiger partial charge in [0.15, 0.2) is 0 Å². The Bertz CT molecular complexity index is 1030. The summed E-state index contributed by atoms with van der Waals surface area (Å²) >= 11 is 0. The highest BCUT2D eigenvalue weighted by Crippen LogP contribution is 2.21. The molecule has 0 spiro atoms. The number of nitrogens with one attached hydrogen (secondary N) is 2. The van der Waals surface area contributed by atoms with Crippen LogP contribution in [0.15, 0.2) is 42.7 Å². The zero-order chi connectivity index (χ0) is 21.8. The molecule has 1 atom stereocenters. The molecule has 31 heavy (non-hydrogen) atoms. The van der Waals surface area contributed by atoms with Gasteiger partial charge in [-0.3, -0.25) is 4.90 Å². The Morgan fingerprint density at radius 1 is 1.13 bits per heavy atom. The van der Waals surface area contributed by atoms with Gasteiger partial charge in [0.2, 0.25) is 5.95 Å². The summed E-state index contributed by atoms with van der Waals surface area (Å²) in [7, 11) is 0. The van der Waals surface area contributed by atoms with Gasteiger partial charge in [-0.25, -0.2) is 13.5 Å². The number of benzene rings is 2. The van der Waals surface area contributed by atoms with Crippen molar-refractivity contribution in [2.24, 2.45) is 0 Å². The first-order chi connectivity index (χ1) is 14.9. The van der Waals surface area contributed by atoms with Crippen molar-refractivity contribution in [2.75, 3.05) is 43.4 Å². The van der Waals surface area contributed by atoms with Gasteiger partial charge in [0.1, 0.15) is 18.0 Å². The van der Waals surface area contributed by atoms with E-state index in [4.69, 9.17) is 4.74 Å². The molecule has 1 aliphatic heterocycles. The minimum atomic E-state index is -0.666. The minimum Gasteiger partial charge on any atom is -0.384 e. The predicted molar refractivity (Wildman–Crippen MR) is 120 cm³/mol. The van der Waals surface area contributed by atoms with E-state index in [9.17, 15) is 8.78 Å². The van der Waals surface area contributed by atoms with Crippen LogP contribution in [0.1, 0.15) is 15.3 Å². The molecular formula is C22H30F2N6O. The van der Waals surface area contributed by atoms with E-state index < -0.39 is 11.6 Å². The van der Waals surface area contributed by atoms with Gasteiger partial charge in [0.25, 0.3) is 0 Å². The Balaban J connectivity index is 0.00000193. The molecule has 4 rings (SSSR count). The smallest absolute Gasteiger partial charge is 0.246 e. The second-order valence-corrected chi connectivity index (χ2v) is 7.76. The SMILES string of the molecule is Cc1cc(NCCN2CCOC(C)C2)cc(Nc2ncn(-c3cc(F)cc(F)c3)n2)c1.[HH].[HH]. The van der Waals surface area contributed by atoms with Crippen LogP contribution in [0.3, 0.4) is 0 Å². The fourth-order valence-corrected chi connectivity index (χ4v) is 3.65. The summed E-state index contributed by atoms with van der Waals surface area (Å²) in [5.41, 5.74) is 3.17. The van der Waals surface area contributed by atoms with Crippen LogP contribution < -0.4 is 10.6 Å². The molecule has 0 amide bonds. The van der Waals surface area contributed by atoms with Gasteiger partial charge in [-0.05, 0) is 49.7 Å². The summed E-state index contributed by atoms with van der Waals surface area (Å²) in [4.78, 5) is 6.58. The summed E-state index contributed by atoms with van der Waals surface area (Å²) in [6.45, 7) is 8.57. The van der Waals surface area contributed by atoms with Crippen molar-refractivity contribution >= 4 is 17.3 Å². The number of rotatable bonds is 7.